The third-order valence-corrected chi connectivity index (χ3v) is 4.24. The molecule has 2 aromatic carbocycles. The second-order valence-corrected chi connectivity index (χ2v) is 5.54. The minimum Gasteiger partial charge on any atom is -0.283 e. The van der Waals surface area contributed by atoms with Crippen molar-refractivity contribution < 1.29 is 20.8 Å². The fourth-order valence-corrected chi connectivity index (χ4v) is 3.13. The van der Waals surface area contributed by atoms with E-state index in [1.165, 1.54) is 6.07 Å². The van der Waals surface area contributed by atoms with Gasteiger partial charge in [0.05, 0.1) is 0 Å². The number of hydrogen-bond donors (Lipinski definition) is 1. The summed E-state index contributed by atoms with van der Waals surface area (Å²) in [5.74, 6) is 0. The van der Waals surface area contributed by atoms with Gasteiger partial charge in [0.15, 0.2) is 0 Å². The first kappa shape index (κ1) is 12.2. The summed E-state index contributed by atoms with van der Waals surface area (Å²) in [6.07, 6.45) is 0. The lowest BCUT2D eigenvalue weighted by molar-refractivity contribution is 0.443. The van der Waals surface area contributed by atoms with E-state index in [4.69, 9.17) is 4.55 Å². The van der Waals surface area contributed by atoms with Crippen LogP contribution in [0.5, 0.6) is 0 Å². The summed E-state index contributed by atoms with van der Waals surface area (Å²) < 4.78 is 46.3. The predicted molar refractivity (Wildman–Crippen MR) is 63.0 cm³/mol. The molecule has 1 N–H and O–H groups in total. The van der Waals surface area contributed by atoms with Gasteiger partial charge in [-0.2, -0.15) is 12.6 Å². The van der Waals surface area contributed by atoms with Crippen LogP contribution in [0.15, 0.2) is 47.4 Å². The van der Waals surface area contributed by atoms with Crippen LogP contribution in [0.1, 0.15) is 0 Å². The summed E-state index contributed by atoms with van der Waals surface area (Å²) in [5, 5.41) is 1.15. The lowest BCUT2D eigenvalue weighted by Gasteiger charge is -2.05. The van der Waals surface area contributed by atoms with E-state index in [0.717, 1.165) is 0 Å². The highest BCUT2D eigenvalue weighted by atomic mass is 32.3. The molecular weight excluding hydrogens is 264 g/mol. The molecule has 1 unspecified atom stereocenters. The topological polar surface area (TPSA) is 80.7 Å². The molecule has 0 saturated heterocycles. The van der Waals surface area contributed by atoms with Crippen LogP contribution < -0.4 is 0 Å². The quantitative estimate of drug-likeness (QED) is 0.860. The highest BCUT2D eigenvalue weighted by Crippen LogP contribution is 2.24. The number of rotatable bonds is 3. The van der Waals surface area contributed by atoms with Crippen molar-refractivity contribution in [2.75, 3.05) is 0 Å². The maximum Gasteiger partial charge on any atom is 0.317 e. The van der Waals surface area contributed by atoms with Crippen LogP contribution in [0, 0.1) is 0 Å². The zero-order valence-electron chi connectivity index (χ0n) is 8.44. The molecule has 0 heterocycles. The Labute approximate surface area is 101 Å². The van der Waals surface area contributed by atoms with Crippen LogP contribution in [-0.4, -0.2) is 17.2 Å². The molecule has 17 heavy (non-hydrogen) atoms. The largest absolute Gasteiger partial charge is 0.317 e. The zero-order valence-corrected chi connectivity index (χ0v) is 10.1. The maximum atomic E-state index is 11.7. The van der Waals surface area contributed by atoms with E-state index in [-0.39, 0.29) is 4.90 Å². The predicted octanol–water partition coefficient (Wildman–Crippen LogP) is 1.68. The van der Waals surface area contributed by atoms with Gasteiger partial charge in [-0.15, -0.1) is 3.63 Å². The molecule has 0 radical (unpaired) electrons. The Hall–Kier alpha value is -1.28. The van der Waals surface area contributed by atoms with Crippen molar-refractivity contribution >= 4 is 32.3 Å². The lowest BCUT2D eigenvalue weighted by atomic mass is 10.1. The van der Waals surface area contributed by atoms with Gasteiger partial charge in [-0.1, -0.05) is 36.4 Å². The van der Waals surface area contributed by atoms with E-state index in [1.807, 2.05) is 0 Å². The molecule has 2 rings (SSSR count). The van der Waals surface area contributed by atoms with Gasteiger partial charge in [0, 0.05) is 5.39 Å². The van der Waals surface area contributed by atoms with Crippen LogP contribution in [0.4, 0.5) is 0 Å². The van der Waals surface area contributed by atoms with Gasteiger partial charge in [-0.25, -0.2) is 0 Å². The molecule has 5 nitrogen and oxygen atoms in total. The molecule has 0 aromatic heterocycles. The summed E-state index contributed by atoms with van der Waals surface area (Å²) in [7, 11) is -4.24. The number of benzene rings is 2. The smallest absolute Gasteiger partial charge is 0.283 e. The van der Waals surface area contributed by atoms with E-state index < -0.39 is 21.5 Å². The average molecular weight is 272 g/mol. The lowest BCUT2D eigenvalue weighted by Crippen LogP contribution is -2.08. The van der Waals surface area contributed by atoms with Gasteiger partial charge in [-0.3, -0.25) is 4.55 Å². The molecule has 0 amide bonds. The summed E-state index contributed by atoms with van der Waals surface area (Å²) >= 11 is -2.87. The van der Waals surface area contributed by atoms with Crippen LogP contribution in [0.3, 0.4) is 0 Å². The zero-order chi connectivity index (χ0) is 12.5. The molecule has 0 bridgehead atoms. The van der Waals surface area contributed by atoms with Crippen molar-refractivity contribution in [3.05, 3.63) is 42.5 Å². The third kappa shape index (κ3) is 2.52. The standard InChI is InChI=1S/C10H8O5S2/c11-16(12)15-17(13,14)10-7-3-5-8-4-1-2-6-9(8)10/h1-7H,(H,11,12). The average Bonchev–Trinajstić information content (AvgIpc) is 2.26. The Balaban J connectivity index is 2.67. The molecule has 90 valence electrons. The Morgan fingerprint density at radius 3 is 2.41 bits per heavy atom. The first-order valence-corrected chi connectivity index (χ1v) is 6.98. The monoisotopic (exact) mass is 272 g/mol. The van der Waals surface area contributed by atoms with E-state index in [1.54, 1.807) is 36.4 Å². The Morgan fingerprint density at radius 2 is 1.71 bits per heavy atom. The van der Waals surface area contributed by atoms with Crippen molar-refractivity contribution in [2.24, 2.45) is 0 Å². The van der Waals surface area contributed by atoms with E-state index >= 15 is 0 Å². The van der Waals surface area contributed by atoms with Crippen LogP contribution >= 0.6 is 0 Å². The van der Waals surface area contributed by atoms with Crippen molar-refractivity contribution in [3.8, 4) is 0 Å². The molecule has 0 aliphatic heterocycles. The SMILES string of the molecule is O=S(O)OS(=O)(=O)c1cccc2ccccc12. The minimum absolute atomic E-state index is 0.127. The fraction of sp³-hybridized carbons (Fsp3) is 0. The number of fused-ring (bicyclic) bond motifs is 1. The second kappa shape index (κ2) is 4.53. The molecule has 1 atom stereocenters. The first-order valence-electron chi connectivity index (χ1n) is 4.54. The highest BCUT2D eigenvalue weighted by molar-refractivity contribution is 7.95. The summed E-state index contributed by atoms with van der Waals surface area (Å²) in [6, 6.07) is 11.4. The highest BCUT2D eigenvalue weighted by Gasteiger charge is 2.20. The summed E-state index contributed by atoms with van der Waals surface area (Å²) in [4.78, 5) is -0.127. The normalized spacial score (nSPS) is 13.7. The van der Waals surface area contributed by atoms with Gasteiger partial charge in [0.1, 0.15) is 4.90 Å². The van der Waals surface area contributed by atoms with E-state index in [2.05, 4.69) is 3.63 Å². The molecule has 0 aliphatic rings. The van der Waals surface area contributed by atoms with Gasteiger partial charge in [0.25, 0.3) is 0 Å². The maximum absolute atomic E-state index is 11.7. The Morgan fingerprint density at radius 1 is 1.06 bits per heavy atom. The van der Waals surface area contributed by atoms with Crippen molar-refractivity contribution in [2.45, 2.75) is 4.90 Å². The first-order chi connectivity index (χ1) is 8.00. The van der Waals surface area contributed by atoms with E-state index in [9.17, 15) is 12.6 Å². The third-order valence-electron chi connectivity index (χ3n) is 2.17. The Bertz CT molecular complexity index is 673. The van der Waals surface area contributed by atoms with Crippen molar-refractivity contribution in [3.63, 3.8) is 0 Å². The fourth-order valence-electron chi connectivity index (χ4n) is 1.53. The van der Waals surface area contributed by atoms with E-state index in [0.29, 0.717) is 10.8 Å². The molecule has 0 spiro atoms. The van der Waals surface area contributed by atoms with Gasteiger partial charge < -0.3 is 0 Å². The molecule has 0 fully saturated rings. The van der Waals surface area contributed by atoms with Crippen LogP contribution in [-0.2, 0) is 25.1 Å². The Kier molecular flexibility index (Phi) is 3.25. The molecule has 0 aliphatic carbocycles. The number of hydrogen-bond acceptors (Lipinski definition) is 4. The summed E-state index contributed by atoms with van der Waals surface area (Å²) in [6.45, 7) is 0. The van der Waals surface area contributed by atoms with Gasteiger partial charge in [0.2, 0.25) is 0 Å². The molecular formula is C10H8O5S2. The van der Waals surface area contributed by atoms with Gasteiger partial charge in [-0.05, 0) is 11.5 Å². The van der Waals surface area contributed by atoms with Crippen molar-refractivity contribution in [1.29, 1.82) is 0 Å². The van der Waals surface area contributed by atoms with Gasteiger partial charge >= 0.3 is 21.5 Å². The van der Waals surface area contributed by atoms with Crippen molar-refractivity contribution in [1.82, 2.24) is 0 Å². The molecule has 2 aromatic rings. The minimum atomic E-state index is -4.24. The van der Waals surface area contributed by atoms with Crippen LogP contribution in [0.25, 0.3) is 10.8 Å². The second-order valence-electron chi connectivity index (χ2n) is 3.22. The molecule has 7 heteroatoms. The van der Waals surface area contributed by atoms with Crippen LogP contribution in [0.2, 0.25) is 0 Å². The summed E-state index contributed by atoms with van der Waals surface area (Å²) in [5.41, 5.74) is 0. The molecule has 0 saturated carbocycles.